The quantitative estimate of drug-likeness (QED) is 0.580. The lowest BCUT2D eigenvalue weighted by Crippen LogP contribution is -2.85. The Morgan fingerprint density at radius 2 is 1.90 bits per heavy atom. The lowest BCUT2D eigenvalue weighted by Gasteiger charge is -2.73. The smallest absolute Gasteiger partial charge is 0.208 e. The fourth-order valence-corrected chi connectivity index (χ4v) is 8.48. The van der Waals surface area contributed by atoms with Gasteiger partial charge in [0.25, 0.3) is 0 Å². The van der Waals surface area contributed by atoms with Crippen LogP contribution in [0.5, 0.6) is 0 Å². The Balaban J connectivity index is 1.74. The van der Waals surface area contributed by atoms with E-state index in [9.17, 15) is 24.9 Å². The second-order valence-electron chi connectivity index (χ2n) is 10.9. The fraction of sp³-hybridized carbons (Fsp3) is 0.826. The van der Waals surface area contributed by atoms with Crippen molar-refractivity contribution in [2.24, 2.45) is 39.9 Å². The van der Waals surface area contributed by atoms with Crippen LogP contribution in [0.3, 0.4) is 0 Å². The largest absolute Gasteiger partial charge is 0.391 e. The molecule has 166 valence electrons. The molecule has 6 rings (SSSR count). The van der Waals surface area contributed by atoms with Crippen LogP contribution in [0.15, 0.2) is 12.2 Å². The van der Waals surface area contributed by atoms with E-state index >= 15 is 0 Å². The normalized spacial score (nSPS) is 53.6. The molecule has 6 fully saturated rings. The second kappa shape index (κ2) is 6.01. The summed E-state index contributed by atoms with van der Waals surface area (Å²) in [5.41, 5.74) is -3.06. The average Bonchev–Trinajstić information content (AvgIpc) is 2.80. The highest BCUT2D eigenvalue weighted by atomic mass is 16.6. The highest BCUT2D eigenvalue weighted by Gasteiger charge is 2.87. The maximum Gasteiger partial charge on any atom is 0.208 e. The molecule has 7 heteroatoms. The molecule has 4 bridgehead atoms. The van der Waals surface area contributed by atoms with Crippen LogP contribution in [0.25, 0.3) is 0 Å². The molecule has 30 heavy (non-hydrogen) atoms. The number of carbonyl (C=O) groups is 2. The maximum absolute atomic E-state index is 14.1. The molecule has 9 atom stereocenters. The van der Waals surface area contributed by atoms with E-state index in [1.54, 1.807) is 7.11 Å². The molecule has 6 aliphatic rings. The van der Waals surface area contributed by atoms with E-state index in [4.69, 9.17) is 9.47 Å². The summed E-state index contributed by atoms with van der Waals surface area (Å²) < 4.78 is 11.1. The van der Waals surface area contributed by atoms with E-state index in [0.29, 0.717) is 32.3 Å². The monoisotopic (exact) mass is 420 g/mol. The summed E-state index contributed by atoms with van der Waals surface area (Å²) in [5, 5.41) is 34.5. The van der Waals surface area contributed by atoms with Gasteiger partial charge >= 0.3 is 0 Å². The Kier molecular flexibility index (Phi) is 4.16. The first-order chi connectivity index (χ1) is 14.0. The molecule has 0 aromatic heterocycles. The first-order valence-electron chi connectivity index (χ1n) is 11.0. The van der Waals surface area contributed by atoms with Gasteiger partial charge in [-0.2, -0.15) is 0 Å². The summed E-state index contributed by atoms with van der Waals surface area (Å²) in [6.07, 6.45) is -0.494. The number of aliphatic hydroxyl groups is 3. The van der Waals surface area contributed by atoms with Gasteiger partial charge in [-0.15, -0.1) is 0 Å². The SMILES string of the molecule is C=C1C(=O)[C@]23[C@H](O)[C@H]1CC[C@H]2[C@@]12COC3(O)[C@@H](O)[C@@H]1C(C)(C)C[C@H](CCOC)C2=O. The second-order valence-corrected chi connectivity index (χ2v) is 10.9. The number of rotatable bonds is 3. The number of fused-ring (bicyclic) bond motifs is 2. The average molecular weight is 421 g/mol. The molecule has 0 radical (unpaired) electrons. The summed E-state index contributed by atoms with van der Waals surface area (Å²) >= 11 is 0. The molecule has 2 aliphatic heterocycles. The summed E-state index contributed by atoms with van der Waals surface area (Å²) in [7, 11) is 1.60. The number of hydrogen-bond acceptors (Lipinski definition) is 7. The maximum atomic E-state index is 14.1. The Morgan fingerprint density at radius 1 is 1.20 bits per heavy atom. The zero-order valence-electron chi connectivity index (χ0n) is 17.9. The van der Waals surface area contributed by atoms with Crippen molar-refractivity contribution in [1.29, 1.82) is 0 Å². The molecular weight excluding hydrogens is 388 g/mol. The van der Waals surface area contributed by atoms with Gasteiger partial charge in [-0.05, 0) is 42.6 Å². The van der Waals surface area contributed by atoms with Crippen molar-refractivity contribution in [3.8, 4) is 0 Å². The Morgan fingerprint density at radius 3 is 2.57 bits per heavy atom. The zero-order valence-corrected chi connectivity index (χ0v) is 17.9. The van der Waals surface area contributed by atoms with Crippen LogP contribution < -0.4 is 0 Å². The van der Waals surface area contributed by atoms with Crippen LogP contribution in [0.1, 0.15) is 39.5 Å². The molecule has 2 saturated heterocycles. The number of ketones is 2. The number of methoxy groups -OCH3 is 1. The lowest BCUT2D eigenvalue weighted by atomic mass is 9.35. The minimum Gasteiger partial charge on any atom is -0.391 e. The minimum atomic E-state index is -2.23. The third-order valence-corrected chi connectivity index (χ3v) is 9.41. The topological polar surface area (TPSA) is 113 Å². The molecule has 0 aromatic carbocycles. The molecule has 2 spiro atoms. The van der Waals surface area contributed by atoms with Crippen molar-refractivity contribution in [1.82, 2.24) is 0 Å². The van der Waals surface area contributed by atoms with E-state index in [-0.39, 0.29) is 23.9 Å². The van der Waals surface area contributed by atoms with Gasteiger partial charge < -0.3 is 24.8 Å². The zero-order chi connectivity index (χ0) is 21.9. The van der Waals surface area contributed by atoms with E-state index in [1.165, 1.54) is 0 Å². The first kappa shape index (κ1) is 20.8. The van der Waals surface area contributed by atoms with Gasteiger partial charge in [0.15, 0.2) is 5.78 Å². The standard InChI is InChI=1S/C23H32O7/c1-11-13-5-6-14-21-10-30-23(28,22(14,16(11)24)18(13)26)19(27)15(21)20(2,3)9-12(17(21)25)7-8-29-4/h12-15,18-19,26-28H,1,5-10H2,2-4H3/t12-,13-,14-,15+,18+,19-,21-,22-,23?/m0/s1. The number of hydrogen-bond donors (Lipinski definition) is 3. The van der Waals surface area contributed by atoms with Crippen molar-refractivity contribution >= 4 is 11.6 Å². The molecule has 7 nitrogen and oxygen atoms in total. The summed E-state index contributed by atoms with van der Waals surface area (Å²) in [5.74, 6) is -4.61. The van der Waals surface area contributed by atoms with Gasteiger partial charge in [0.1, 0.15) is 17.3 Å². The molecule has 3 N–H and O–H groups in total. The molecule has 1 unspecified atom stereocenters. The molecule has 0 aromatic rings. The number of Topliss-reactive ketones (excluding diaryl/α,β-unsaturated/α-hetero) is 2. The van der Waals surface area contributed by atoms with Crippen molar-refractivity contribution in [3.63, 3.8) is 0 Å². The van der Waals surface area contributed by atoms with Gasteiger partial charge in [-0.25, -0.2) is 0 Å². The van der Waals surface area contributed by atoms with Gasteiger partial charge in [-0.3, -0.25) is 9.59 Å². The predicted octanol–water partition coefficient (Wildman–Crippen LogP) is 0.846. The third-order valence-electron chi connectivity index (χ3n) is 9.41. The minimum absolute atomic E-state index is 0.0231. The van der Waals surface area contributed by atoms with Crippen LogP contribution in [0.4, 0.5) is 0 Å². The fourth-order valence-electron chi connectivity index (χ4n) is 8.48. The number of aliphatic hydroxyl groups excluding tert-OH is 2. The Hall–Kier alpha value is -1.12. The Bertz CT molecular complexity index is 835. The van der Waals surface area contributed by atoms with E-state index in [1.807, 2.05) is 13.8 Å². The molecule has 0 amide bonds. The predicted molar refractivity (Wildman–Crippen MR) is 105 cm³/mol. The van der Waals surface area contributed by atoms with E-state index in [0.717, 1.165) is 0 Å². The van der Waals surface area contributed by atoms with E-state index in [2.05, 4.69) is 6.58 Å². The van der Waals surface area contributed by atoms with Crippen molar-refractivity contribution in [2.75, 3.05) is 20.3 Å². The third kappa shape index (κ3) is 1.92. The first-order valence-corrected chi connectivity index (χ1v) is 11.0. The summed E-state index contributed by atoms with van der Waals surface area (Å²) in [4.78, 5) is 27.6. The van der Waals surface area contributed by atoms with Crippen molar-refractivity contribution in [3.05, 3.63) is 12.2 Å². The highest BCUT2D eigenvalue weighted by molar-refractivity contribution is 6.06. The number of carbonyl (C=O) groups excluding carboxylic acids is 2. The molecule has 2 heterocycles. The highest BCUT2D eigenvalue weighted by Crippen LogP contribution is 2.76. The Labute approximate surface area is 176 Å². The van der Waals surface area contributed by atoms with Crippen molar-refractivity contribution < 1.29 is 34.4 Å². The lowest BCUT2D eigenvalue weighted by molar-refractivity contribution is -0.438. The molecule has 4 saturated carbocycles. The van der Waals surface area contributed by atoms with Crippen LogP contribution in [0.2, 0.25) is 0 Å². The summed E-state index contributed by atoms with van der Waals surface area (Å²) in [6, 6.07) is 0. The van der Waals surface area contributed by atoms with Crippen LogP contribution >= 0.6 is 0 Å². The van der Waals surface area contributed by atoms with Crippen LogP contribution in [0, 0.1) is 39.9 Å². The van der Waals surface area contributed by atoms with Crippen LogP contribution in [-0.4, -0.2) is 65.2 Å². The van der Waals surface area contributed by atoms with Gasteiger partial charge in [0, 0.05) is 31.5 Å². The van der Waals surface area contributed by atoms with Gasteiger partial charge in [0.2, 0.25) is 5.79 Å². The molecule has 4 aliphatic carbocycles. The molecular formula is C23H32O7. The van der Waals surface area contributed by atoms with Crippen LogP contribution in [-0.2, 0) is 19.1 Å². The number of ether oxygens (including phenoxy) is 2. The van der Waals surface area contributed by atoms with Gasteiger partial charge in [0.05, 0.1) is 18.1 Å². The van der Waals surface area contributed by atoms with Gasteiger partial charge in [-0.1, -0.05) is 20.4 Å². The van der Waals surface area contributed by atoms with E-state index < -0.39 is 57.8 Å². The summed E-state index contributed by atoms with van der Waals surface area (Å²) in [6.45, 7) is 8.33. The van der Waals surface area contributed by atoms with Crippen molar-refractivity contribution in [2.45, 2.75) is 57.5 Å².